The van der Waals surface area contributed by atoms with Crippen LogP contribution in [-0.2, 0) is 16.2 Å². The Balaban J connectivity index is 1.45. The van der Waals surface area contributed by atoms with E-state index >= 15 is 0 Å². The number of urea groups is 1. The van der Waals surface area contributed by atoms with E-state index < -0.39 is 17.8 Å². The highest BCUT2D eigenvalue weighted by Crippen LogP contribution is 2.38. The number of rotatable bonds is 6. The first-order chi connectivity index (χ1) is 18.8. The van der Waals surface area contributed by atoms with Crippen molar-refractivity contribution in [3.8, 4) is 11.5 Å². The standard InChI is InChI=1S/C31H25BrN2O5/c1-18-8-12-22(13-9-18)34-30(36)24(29(35)33-31(34)37)14-20-15-26(32)28(27(16-20)38-3)39-17-25-19(2)10-11-21-6-4-5-7-23(21)25/h4-16H,17H2,1-3H3,(H,33,35,37)/b24-14+. The van der Waals surface area contributed by atoms with Crippen molar-refractivity contribution in [3.05, 3.63) is 105 Å². The Morgan fingerprint density at radius 3 is 2.44 bits per heavy atom. The van der Waals surface area contributed by atoms with Crippen LogP contribution in [0.3, 0.4) is 0 Å². The first-order valence-corrected chi connectivity index (χ1v) is 13.0. The molecule has 4 amide bonds. The Hall–Kier alpha value is -4.43. The number of aryl methyl sites for hydroxylation is 2. The van der Waals surface area contributed by atoms with E-state index in [0.29, 0.717) is 33.8 Å². The molecule has 0 saturated carbocycles. The smallest absolute Gasteiger partial charge is 0.335 e. The van der Waals surface area contributed by atoms with Crippen LogP contribution >= 0.6 is 15.9 Å². The van der Waals surface area contributed by atoms with Crippen LogP contribution in [-0.4, -0.2) is 25.0 Å². The molecule has 0 bridgehead atoms. The van der Waals surface area contributed by atoms with Crippen LogP contribution < -0.4 is 19.7 Å². The molecule has 0 radical (unpaired) electrons. The predicted molar refractivity (Wildman–Crippen MR) is 154 cm³/mol. The maximum absolute atomic E-state index is 13.2. The second kappa shape index (κ2) is 10.7. The fourth-order valence-corrected chi connectivity index (χ4v) is 5.07. The number of amides is 4. The molecule has 0 atom stereocenters. The molecule has 0 unspecified atom stereocenters. The summed E-state index contributed by atoms with van der Waals surface area (Å²) in [6, 6.07) is 21.8. The number of nitrogens with zero attached hydrogens (tertiary/aromatic N) is 1. The molecule has 7 nitrogen and oxygen atoms in total. The molecule has 1 aliphatic heterocycles. The molecule has 4 aromatic carbocycles. The third kappa shape index (κ3) is 5.15. The van der Waals surface area contributed by atoms with E-state index in [0.717, 1.165) is 32.4 Å². The van der Waals surface area contributed by atoms with Crippen molar-refractivity contribution < 1.29 is 23.9 Å². The van der Waals surface area contributed by atoms with Crippen LogP contribution in [0.4, 0.5) is 10.5 Å². The molecule has 0 spiro atoms. The Bertz CT molecular complexity index is 1660. The maximum Gasteiger partial charge on any atom is 0.335 e. The molecule has 1 aliphatic rings. The number of carbonyl (C=O) groups excluding carboxylic acids is 3. The molecule has 1 fully saturated rings. The summed E-state index contributed by atoms with van der Waals surface area (Å²) in [6.45, 7) is 4.26. The predicted octanol–water partition coefficient (Wildman–Crippen LogP) is 6.47. The van der Waals surface area contributed by atoms with Crippen LogP contribution in [0.25, 0.3) is 16.8 Å². The van der Waals surface area contributed by atoms with E-state index in [-0.39, 0.29) is 5.57 Å². The number of ether oxygens (including phenoxy) is 2. The number of barbiturate groups is 1. The summed E-state index contributed by atoms with van der Waals surface area (Å²) in [6.07, 6.45) is 1.43. The number of carbonyl (C=O) groups is 3. The maximum atomic E-state index is 13.2. The molecule has 39 heavy (non-hydrogen) atoms. The number of halogens is 1. The van der Waals surface area contributed by atoms with Crippen molar-refractivity contribution in [1.82, 2.24) is 5.32 Å². The summed E-state index contributed by atoms with van der Waals surface area (Å²) >= 11 is 3.56. The fraction of sp³-hybridized carbons (Fsp3) is 0.129. The number of benzene rings is 4. The number of methoxy groups -OCH3 is 1. The largest absolute Gasteiger partial charge is 0.493 e. The Morgan fingerprint density at radius 1 is 0.949 bits per heavy atom. The van der Waals surface area contributed by atoms with Gasteiger partial charge in [-0.1, -0.05) is 54.1 Å². The van der Waals surface area contributed by atoms with E-state index in [2.05, 4.69) is 45.5 Å². The van der Waals surface area contributed by atoms with Gasteiger partial charge in [0, 0.05) is 5.56 Å². The number of anilines is 1. The van der Waals surface area contributed by atoms with Crippen molar-refractivity contribution in [2.75, 3.05) is 12.0 Å². The van der Waals surface area contributed by atoms with Gasteiger partial charge in [0.2, 0.25) is 0 Å². The van der Waals surface area contributed by atoms with Crippen LogP contribution in [0.15, 0.2) is 82.8 Å². The van der Waals surface area contributed by atoms with Crippen LogP contribution in [0.1, 0.15) is 22.3 Å². The summed E-state index contributed by atoms with van der Waals surface area (Å²) in [7, 11) is 1.52. The Labute approximate surface area is 234 Å². The normalized spacial score (nSPS) is 14.6. The number of fused-ring (bicyclic) bond motifs is 1. The second-order valence-electron chi connectivity index (χ2n) is 9.20. The number of nitrogens with one attached hydrogen (secondary N) is 1. The average molecular weight is 585 g/mol. The van der Waals surface area contributed by atoms with E-state index in [4.69, 9.17) is 9.47 Å². The van der Waals surface area contributed by atoms with E-state index in [1.54, 1.807) is 36.4 Å². The molecule has 0 aromatic heterocycles. The average Bonchev–Trinajstić information content (AvgIpc) is 2.92. The third-order valence-corrected chi connectivity index (χ3v) is 7.18. The van der Waals surface area contributed by atoms with Gasteiger partial charge in [0.15, 0.2) is 11.5 Å². The monoisotopic (exact) mass is 584 g/mol. The SMILES string of the molecule is COc1cc(/C=C2\C(=O)NC(=O)N(c3ccc(C)cc3)C2=O)cc(Br)c1OCc1c(C)ccc2ccccc12. The first kappa shape index (κ1) is 26.2. The fourth-order valence-electron chi connectivity index (χ4n) is 4.50. The summed E-state index contributed by atoms with van der Waals surface area (Å²) in [5.41, 5.74) is 3.87. The lowest BCUT2D eigenvalue weighted by atomic mass is 10.0. The zero-order valence-electron chi connectivity index (χ0n) is 21.6. The zero-order chi connectivity index (χ0) is 27.7. The summed E-state index contributed by atoms with van der Waals surface area (Å²) < 4.78 is 12.4. The molecule has 1 heterocycles. The lowest BCUT2D eigenvalue weighted by molar-refractivity contribution is -0.122. The highest BCUT2D eigenvalue weighted by molar-refractivity contribution is 9.10. The topological polar surface area (TPSA) is 84.9 Å². The summed E-state index contributed by atoms with van der Waals surface area (Å²) in [5.74, 6) is -0.572. The lowest BCUT2D eigenvalue weighted by Gasteiger charge is -2.26. The van der Waals surface area contributed by atoms with Crippen LogP contribution in [0.5, 0.6) is 11.5 Å². The van der Waals surface area contributed by atoms with Crippen LogP contribution in [0.2, 0.25) is 0 Å². The minimum absolute atomic E-state index is 0.177. The van der Waals surface area contributed by atoms with Crippen molar-refractivity contribution in [3.63, 3.8) is 0 Å². The summed E-state index contributed by atoms with van der Waals surface area (Å²) in [4.78, 5) is 39.3. The van der Waals surface area contributed by atoms with Gasteiger partial charge in [0.05, 0.1) is 17.3 Å². The minimum atomic E-state index is -0.794. The molecular weight excluding hydrogens is 560 g/mol. The minimum Gasteiger partial charge on any atom is -0.493 e. The number of imide groups is 2. The lowest BCUT2D eigenvalue weighted by Crippen LogP contribution is -2.54. The van der Waals surface area contributed by atoms with E-state index in [9.17, 15) is 14.4 Å². The van der Waals surface area contributed by atoms with Crippen molar-refractivity contribution in [1.29, 1.82) is 0 Å². The molecule has 196 valence electrons. The molecule has 4 aromatic rings. The van der Waals surface area contributed by atoms with Gasteiger partial charge >= 0.3 is 6.03 Å². The Morgan fingerprint density at radius 2 is 1.69 bits per heavy atom. The quantitative estimate of drug-likeness (QED) is 0.207. The highest BCUT2D eigenvalue weighted by atomic mass is 79.9. The van der Waals surface area contributed by atoms with Gasteiger partial charge in [-0.15, -0.1) is 0 Å². The van der Waals surface area contributed by atoms with Crippen molar-refractivity contribution >= 4 is 56.3 Å². The highest BCUT2D eigenvalue weighted by Gasteiger charge is 2.36. The van der Waals surface area contributed by atoms with Gasteiger partial charge in [-0.3, -0.25) is 14.9 Å². The van der Waals surface area contributed by atoms with Gasteiger partial charge in [-0.25, -0.2) is 9.69 Å². The van der Waals surface area contributed by atoms with Gasteiger partial charge in [-0.2, -0.15) is 0 Å². The zero-order valence-corrected chi connectivity index (χ0v) is 23.2. The second-order valence-corrected chi connectivity index (χ2v) is 10.1. The van der Waals surface area contributed by atoms with Crippen molar-refractivity contribution in [2.45, 2.75) is 20.5 Å². The van der Waals surface area contributed by atoms with Gasteiger partial charge in [-0.05, 0) is 82.0 Å². The van der Waals surface area contributed by atoms with Gasteiger partial charge in [0.25, 0.3) is 11.8 Å². The number of hydrogen-bond acceptors (Lipinski definition) is 5. The molecule has 1 saturated heterocycles. The third-order valence-electron chi connectivity index (χ3n) is 6.59. The molecular formula is C31H25BrN2O5. The summed E-state index contributed by atoms with van der Waals surface area (Å²) in [5, 5.41) is 4.49. The molecule has 0 aliphatic carbocycles. The first-order valence-electron chi connectivity index (χ1n) is 12.2. The van der Waals surface area contributed by atoms with E-state index in [1.165, 1.54) is 13.2 Å². The van der Waals surface area contributed by atoms with E-state index in [1.807, 2.05) is 26.0 Å². The van der Waals surface area contributed by atoms with Crippen LogP contribution in [0, 0.1) is 13.8 Å². The molecule has 8 heteroatoms. The van der Waals surface area contributed by atoms with Gasteiger partial charge in [0.1, 0.15) is 12.2 Å². The molecule has 1 N–H and O–H groups in total. The number of hydrogen-bond donors (Lipinski definition) is 1. The Kier molecular flexibility index (Phi) is 7.21. The van der Waals surface area contributed by atoms with Crippen molar-refractivity contribution in [2.24, 2.45) is 0 Å². The van der Waals surface area contributed by atoms with Gasteiger partial charge < -0.3 is 9.47 Å². The molecule has 5 rings (SSSR count).